The molecule has 0 aromatic heterocycles. The van der Waals surface area contributed by atoms with Crippen molar-refractivity contribution in [3.05, 3.63) is 35.9 Å². The molecule has 3 N–H and O–H groups in total. The fourth-order valence-corrected chi connectivity index (χ4v) is 1.79. The van der Waals surface area contributed by atoms with E-state index in [1.54, 1.807) is 0 Å². The predicted octanol–water partition coefficient (Wildman–Crippen LogP) is 2.19. The molecule has 0 saturated heterocycles. The Labute approximate surface area is 114 Å². The van der Waals surface area contributed by atoms with Gasteiger partial charge in [-0.15, -0.1) is 0 Å². The van der Waals surface area contributed by atoms with Gasteiger partial charge < -0.3 is 11.1 Å². The lowest BCUT2D eigenvalue weighted by molar-refractivity contribution is -0.121. The number of nitrogens with two attached hydrogens (primary N) is 1. The summed E-state index contributed by atoms with van der Waals surface area (Å²) in [6, 6.07) is 10.0. The first kappa shape index (κ1) is 14.6. The minimum Gasteiger partial charge on any atom is -0.393 e. The highest BCUT2D eigenvalue weighted by molar-refractivity contribution is 7.80. The molecule has 18 heavy (non-hydrogen) atoms. The molecule has 0 saturated carbocycles. The maximum Gasteiger partial charge on any atom is 0.220 e. The lowest BCUT2D eigenvalue weighted by Crippen LogP contribution is -2.24. The number of hydrogen-bond acceptors (Lipinski definition) is 2. The molecule has 0 unspecified atom stereocenters. The van der Waals surface area contributed by atoms with E-state index in [-0.39, 0.29) is 5.91 Å². The van der Waals surface area contributed by atoms with Gasteiger partial charge in [0.05, 0.1) is 4.99 Å². The smallest absolute Gasteiger partial charge is 0.220 e. The average molecular weight is 264 g/mol. The number of thiocarbonyl (C=S) groups is 1. The Kier molecular flexibility index (Phi) is 7.03. The van der Waals surface area contributed by atoms with Gasteiger partial charge in [-0.1, -0.05) is 42.5 Å². The Morgan fingerprint density at radius 2 is 1.89 bits per heavy atom. The fourth-order valence-electron chi connectivity index (χ4n) is 1.64. The van der Waals surface area contributed by atoms with Crippen LogP contribution in [0, 0.1) is 0 Å². The van der Waals surface area contributed by atoms with E-state index in [0.29, 0.717) is 18.0 Å². The third-order valence-corrected chi connectivity index (χ3v) is 2.86. The van der Waals surface area contributed by atoms with Crippen LogP contribution < -0.4 is 11.1 Å². The van der Waals surface area contributed by atoms with Crippen molar-refractivity contribution in [1.29, 1.82) is 0 Å². The van der Waals surface area contributed by atoms with Crippen molar-refractivity contribution >= 4 is 23.1 Å². The molecule has 3 nitrogen and oxygen atoms in total. The fraction of sp³-hybridized carbons (Fsp3) is 0.429. The Morgan fingerprint density at radius 1 is 1.17 bits per heavy atom. The number of benzene rings is 1. The maximum absolute atomic E-state index is 11.6. The van der Waals surface area contributed by atoms with Crippen LogP contribution in [0.3, 0.4) is 0 Å². The SMILES string of the molecule is NC(=S)CCCCNC(=O)CCc1ccccc1. The van der Waals surface area contributed by atoms with Gasteiger partial charge in [-0.2, -0.15) is 0 Å². The molecule has 0 bridgehead atoms. The van der Waals surface area contributed by atoms with E-state index in [9.17, 15) is 4.79 Å². The van der Waals surface area contributed by atoms with Crippen molar-refractivity contribution in [2.75, 3.05) is 6.54 Å². The first-order valence-corrected chi connectivity index (χ1v) is 6.68. The van der Waals surface area contributed by atoms with Gasteiger partial charge in [-0.25, -0.2) is 0 Å². The van der Waals surface area contributed by atoms with Crippen LogP contribution in [0.5, 0.6) is 0 Å². The van der Waals surface area contributed by atoms with Crippen LogP contribution in [0.2, 0.25) is 0 Å². The number of nitrogens with one attached hydrogen (secondary N) is 1. The molecule has 98 valence electrons. The summed E-state index contributed by atoms with van der Waals surface area (Å²) in [6.45, 7) is 0.705. The minimum absolute atomic E-state index is 0.106. The molecule has 1 amide bonds. The van der Waals surface area contributed by atoms with Crippen molar-refractivity contribution in [2.45, 2.75) is 32.1 Å². The quantitative estimate of drug-likeness (QED) is 0.559. The van der Waals surface area contributed by atoms with Gasteiger partial charge in [-0.05, 0) is 31.2 Å². The zero-order valence-corrected chi connectivity index (χ0v) is 11.3. The summed E-state index contributed by atoms with van der Waals surface area (Å²) in [5.41, 5.74) is 6.59. The first-order valence-electron chi connectivity index (χ1n) is 6.27. The molecule has 0 aliphatic carbocycles. The van der Waals surface area contributed by atoms with Gasteiger partial charge in [0.15, 0.2) is 0 Å². The summed E-state index contributed by atoms with van der Waals surface area (Å²) in [5, 5.41) is 2.90. The molecule has 0 fully saturated rings. The monoisotopic (exact) mass is 264 g/mol. The van der Waals surface area contributed by atoms with E-state index in [1.165, 1.54) is 5.56 Å². The van der Waals surface area contributed by atoms with Crippen LogP contribution >= 0.6 is 12.2 Å². The third-order valence-electron chi connectivity index (χ3n) is 2.66. The lowest BCUT2D eigenvalue weighted by Gasteiger charge is -2.05. The largest absolute Gasteiger partial charge is 0.393 e. The highest BCUT2D eigenvalue weighted by atomic mass is 32.1. The maximum atomic E-state index is 11.6. The van der Waals surface area contributed by atoms with Gasteiger partial charge in [0.2, 0.25) is 5.91 Å². The molecule has 1 aromatic carbocycles. The summed E-state index contributed by atoms with van der Waals surface area (Å²) in [7, 11) is 0. The second kappa shape index (κ2) is 8.64. The molecule has 0 aliphatic heterocycles. The highest BCUT2D eigenvalue weighted by Gasteiger charge is 2.01. The van der Waals surface area contributed by atoms with Crippen molar-refractivity contribution in [3.63, 3.8) is 0 Å². The van der Waals surface area contributed by atoms with E-state index >= 15 is 0 Å². The van der Waals surface area contributed by atoms with Gasteiger partial charge in [0.1, 0.15) is 0 Å². The minimum atomic E-state index is 0.106. The molecule has 0 atom stereocenters. The van der Waals surface area contributed by atoms with Crippen LogP contribution in [0.4, 0.5) is 0 Å². The standard InChI is InChI=1S/C14H20N2OS/c15-13(18)8-4-5-11-16-14(17)10-9-12-6-2-1-3-7-12/h1-3,6-7H,4-5,8-11H2,(H2,15,18)(H,16,17). The number of carbonyl (C=O) groups excluding carboxylic acids is 1. The van der Waals surface area contributed by atoms with E-state index in [2.05, 4.69) is 5.32 Å². The zero-order valence-electron chi connectivity index (χ0n) is 10.5. The van der Waals surface area contributed by atoms with Crippen molar-refractivity contribution < 1.29 is 4.79 Å². The van der Waals surface area contributed by atoms with Crippen LogP contribution in [0.25, 0.3) is 0 Å². The van der Waals surface area contributed by atoms with E-state index in [1.807, 2.05) is 30.3 Å². The second-order valence-corrected chi connectivity index (χ2v) is 4.78. The number of aryl methyl sites for hydroxylation is 1. The second-order valence-electron chi connectivity index (χ2n) is 4.26. The van der Waals surface area contributed by atoms with Gasteiger partial charge in [-0.3, -0.25) is 4.79 Å². The Hall–Kier alpha value is -1.42. The molecular weight excluding hydrogens is 244 g/mol. The Morgan fingerprint density at radius 3 is 2.56 bits per heavy atom. The lowest BCUT2D eigenvalue weighted by atomic mass is 10.1. The summed E-state index contributed by atoms with van der Waals surface area (Å²) in [5.74, 6) is 0.106. The van der Waals surface area contributed by atoms with Crippen LogP contribution in [-0.2, 0) is 11.2 Å². The normalized spacial score (nSPS) is 10.0. The third kappa shape index (κ3) is 7.01. The molecule has 1 aromatic rings. The summed E-state index contributed by atoms with van der Waals surface area (Å²) < 4.78 is 0. The molecule has 4 heteroatoms. The molecule has 0 spiro atoms. The van der Waals surface area contributed by atoms with E-state index in [4.69, 9.17) is 18.0 Å². The molecule has 1 rings (SSSR count). The van der Waals surface area contributed by atoms with Crippen molar-refractivity contribution in [2.24, 2.45) is 5.73 Å². The van der Waals surface area contributed by atoms with Gasteiger partial charge >= 0.3 is 0 Å². The van der Waals surface area contributed by atoms with Gasteiger partial charge in [0, 0.05) is 13.0 Å². The summed E-state index contributed by atoms with van der Waals surface area (Å²) in [4.78, 5) is 12.1. The van der Waals surface area contributed by atoms with Crippen molar-refractivity contribution in [3.8, 4) is 0 Å². The highest BCUT2D eigenvalue weighted by Crippen LogP contribution is 2.02. The van der Waals surface area contributed by atoms with Crippen LogP contribution in [0.1, 0.15) is 31.2 Å². The van der Waals surface area contributed by atoms with Crippen LogP contribution in [-0.4, -0.2) is 17.4 Å². The van der Waals surface area contributed by atoms with Gasteiger partial charge in [0.25, 0.3) is 0 Å². The number of carbonyl (C=O) groups is 1. The molecular formula is C14H20N2OS. The number of rotatable bonds is 8. The Bertz CT molecular complexity index is 379. The van der Waals surface area contributed by atoms with E-state index < -0.39 is 0 Å². The average Bonchev–Trinajstić information content (AvgIpc) is 2.37. The zero-order chi connectivity index (χ0) is 13.2. The van der Waals surface area contributed by atoms with Crippen molar-refractivity contribution in [1.82, 2.24) is 5.32 Å². The topological polar surface area (TPSA) is 55.1 Å². The number of amides is 1. The number of unbranched alkanes of at least 4 members (excludes halogenated alkanes) is 1. The first-order chi connectivity index (χ1) is 8.68. The molecule has 0 aliphatic rings. The van der Waals surface area contributed by atoms with Crippen LogP contribution in [0.15, 0.2) is 30.3 Å². The predicted molar refractivity (Wildman–Crippen MR) is 78.4 cm³/mol. The summed E-state index contributed by atoms with van der Waals surface area (Å²) >= 11 is 4.78. The molecule has 0 heterocycles. The summed E-state index contributed by atoms with van der Waals surface area (Å²) in [6.07, 6.45) is 3.96. The molecule has 0 radical (unpaired) electrons. The van der Waals surface area contributed by atoms with E-state index in [0.717, 1.165) is 25.7 Å². The Balaban J connectivity index is 2.06. The number of hydrogen-bond donors (Lipinski definition) is 2.